The van der Waals surface area contributed by atoms with Gasteiger partial charge in [-0.2, -0.15) is 0 Å². The number of unbranched alkanes of at least 4 members (excludes halogenated alkanes) is 3. The van der Waals surface area contributed by atoms with E-state index in [4.69, 9.17) is 18.6 Å². The summed E-state index contributed by atoms with van der Waals surface area (Å²) in [6, 6.07) is 6.84. The Morgan fingerprint density at radius 1 is 1.02 bits per heavy atom. The lowest BCUT2D eigenvalue weighted by Crippen LogP contribution is -2.51. The predicted molar refractivity (Wildman–Crippen MR) is 165 cm³/mol. The minimum atomic E-state index is -1.82. The van der Waals surface area contributed by atoms with Gasteiger partial charge in [-0.3, -0.25) is 0 Å². The number of aliphatic hydroxyl groups is 1. The molecule has 4 rings (SSSR count). The van der Waals surface area contributed by atoms with Gasteiger partial charge in [0.2, 0.25) is 0 Å². The highest BCUT2D eigenvalue weighted by molar-refractivity contribution is 6.74. The van der Waals surface area contributed by atoms with E-state index in [1.165, 1.54) is 50.5 Å². The average molecular weight is 575 g/mol. The van der Waals surface area contributed by atoms with Crippen LogP contribution in [0.3, 0.4) is 0 Å². The summed E-state index contributed by atoms with van der Waals surface area (Å²) in [5.41, 5.74) is 3.35. The maximum atomic E-state index is 9.26. The largest absolute Gasteiger partial charge is 0.468 e. The first-order chi connectivity index (χ1) is 19.0. The van der Waals surface area contributed by atoms with Gasteiger partial charge in [-0.05, 0) is 115 Å². The molecule has 1 aromatic rings. The van der Waals surface area contributed by atoms with E-state index >= 15 is 0 Å². The summed E-state index contributed by atoms with van der Waals surface area (Å²) < 4.78 is 23.8. The number of fused-ring (bicyclic) bond motifs is 5. The van der Waals surface area contributed by atoms with Crippen LogP contribution in [0.5, 0.6) is 5.75 Å². The Morgan fingerprint density at radius 2 is 1.80 bits per heavy atom. The van der Waals surface area contributed by atoms with Crippen molar-refractivity contribution >= 4 is 8.32 Å². The Kier molecular flexibility index (Phi) is 10.9. The molecule has 5 nitrogen and oxygen atoms in total. The second-order valence-corrected chi connectivity index (χ2v) is 19.4. The summed E-state index contributed by atoms with van der Waals surface area (Å²) >= 11 is 0. The van der Waals surface area contributed by atoms with Crippen LogP contribution in [0.4, 0.5) is 0 Å². The van der Waals surface area contributed by atoms with Gasteiger partial charge in [-0.25, -0.2) is 0 Å². The molecule has 0 saturated heterocycles. The van der Waals surface area contributed by atoms with Crippen LogP contribution in [0.25, 0.3) is 0 Å². The number of hydrogen-bond acceptors (Lipinski definition) is 5. The molecule has 0 bridgehead atoms. The van der Waals surface area contributed by atoms with Gasteiger partial charge >= 0.3 is 0 Å². The summed E-state index contributed by atoms with van der Waals surface area (Å²) in [5.74, 6) is 3.74. The van der Waals surface area contributed by atoms with Gasteiger partial charge in [0.15, 0.2) is 15.1 Å². The lowest BCUT2D eigenvalue weighted by atomic mass is 9.52. The van der Waals surface area contributed by atoms with Crippen LogP contribution in [-0.4, -0.2) is 53.3 Å². The van der Waals surface area contributed by atoms with Gasteiger partial charge in [-0.1, -0.05) is 53.0 Å². The summed E-state index contributed by atoms with van der Waals surface area (Å²) in [7, 11) is -0.136. The van der Waals surface area contributed by atoms with Crippen molar-refractivity contribution < 1.29 is 23.7 Å². The Hall–Kier alpha value is -0.923. The van der Waals surface area contributed by atoms with E-state index in [1.807, 2.05) is 0 Å². The molecular formula is C34H58O5Si. The fourth-order valence-electron chi connectivity index (χ4n) is 8.00. The van der Waals surface area contributed by atoms with Crippen molar-refractivity contribution in [1.82, 2.24) is 0 Å². The number of ether oxygens (including phenoxy) is 3. The minimum absolute atomic E-state index is 0.244. The van der Waals surface area contributed by atoms with Crippen molar-refractivity contribution in [2.75, 3.05) is 33.7 Å². The average Bonchev–Trinajstić information content (AvgIpc) is 3.22. The van der Waals surface area contributed by atoms with Crippen molar-refractivity contribution in [2.45, 2.75) is 122 Å². The summed E-state index contributed by atoms with van der Waals surface area (Å²) in [4.78, 5) is 0. The zero-order valence-electron chi connectivity index (χ0n) is 26.6. The summed E-state index contributed by atoms with van der Waals surface area (Å²) in [5, 5.41) is 9.50. The number of benzene rings is 1. The molecule has 0 radical (unpaired) electrons. The first kappa shape index (κ1) is 32.0. The Morgan fingerprint density at radius 3 is 2.52 bits per heavy atom. The van der Waals surface area contributed by atoms with E-state index in [0.717, 1.165) is 36.8 Å². The van der Waals surface area contributed by atoms with Crippen LogP contribution >= 0.6 is 0 Å². The Labute approximate surface area is 245 Å². The monoisotopic (exact) mass is 574 g/mol. The smallest absolute Gasteiger partial charge is 0.192 e. The van der Waals surface area contributed by atoms with Crippen molar-refractivity contribution in [3.05, 3.63) is 29.3 Å². The fraction of sp³-hybridized carbons (Fsp3) is 0.824. The van der Waals surface area contributed by atoms with E-state index in [9.17, 15) is 5.11 Å². The normalized spacial score (nSPS) is 30.1. The maximum absolute atomic E-state index is 9.26. The van der Waals surface area contributed by atoms with E-state index in [1.54, 1.807) is 12.7 Å². The van der Waals surface area contributed by atoms with E-state index in [-0.39, 0.29) is 17.2 Å². The van der Waals surface area contributed by atoms with Crippen LogP contribution in [0, 0.1) is 23.2 Å². The molecule has 6 atom stereocenters. The molecule has 0 aromatic heterocycles. The molecule has 0 aliphatic heterocycles. The third-order valence-corrected chi connectivity index (χ3v) is 15.7. The Balaban J connectivity index is 1.54. The predicted octanol–water partition coefficient (Wildman–Crippen LogP) is 8.10. The van der Waals surface area contributed by atoms with Gasteiger partial charge in [0.25, 0.3) is 0 Å². The standard InChI is InChI=1S/C34H58O5Si/c1-33(2,3)40(6,7)39-31-16-15-30-32-25(12-10-8-9-11-19-35)22-26-23-27(38-24-37-21-20-36-5)13-14-28(26)29(32)17-18-34(30,31)4/h13-14,23,25,29-32,35H,8-12,15-22,24H2,1-7H3/t25-,29-,30+,31+,32-,34+/m1/s1. The number of rotatable bonds is 14. The van der Waals surface area contributed by atoms with E-state index < -0.39 is 8.32 Å². The van der Waals surface area contributed by atoms with Crippen molar-refractivity contribution in [2.24, 2.45) is 23.2 Å². The minimum Gasteiger partial charge on any atom is -0.468 e. The SMILES string of the molecule is COCCOCOc1ccc2c(c1)C[C@@H](CCCCCCO)[C@@H]1[C@@H]2CC[C@]2(C)[C@@H](O[Si](C)(C)C(C)(C)C)CC[C@@H]12. The summed E-state index contributed by atoms with van der Waals surface area (Å²) in [6.07, 6.45) is 12.5. The lowest BCUT2D eigenvalue weighted by Gasteiger charge is -2.54. The van der Waals surface area contributed by atoms with Crippen LogP contribution in [0.15, 0.2) is 18.2 Å². The highest BCUT2D eigenvalue weighted by Crippen LogP contribution is 2.64. The molecule has 2 fully saturated rings. The first-order valence-electron chi connectivity index (χ1n) is 16.1. The van der Waals surface area contributed by atoms with Crippen LogP contribution < -0.4 is 4.74 Å². The molecule has 228 valence electrons. The second kappa shape index (κ2) is 13.6. The van der Waals surface area contributed by atoms with Crippen molar-refractivity contribution in [1.29, 1.82) is 0 Å². The van der Waals surface area contributed by atoms with E-state index in [0.29, 0.717) is 37.8 Å². The fourth-order valence-corrected chi connectivity index (χ4v) is 9.45. The number of methoxy groups -OCH3 is 1. The molecule has 0 heterocycles. The third-order valence-electron chi connectivity index (χ3n) is 11.3. The topological polar surface area (TPSA) is 57.2 Å². The zero-order valence-corrected chi connectivity index (χ0v) is 27.6. The zero-order chi connectivity index (χ0) is 29.0. The molecule has 0 unspecified atom stereocenters. The van der Waals surface area contributed by atoms with Gasteiger partial charge < -0.3 is 23.7 Å². The number of aliphatic hydroxyl groups excluding tert-OH is 1. The second-order valence-electron chi connectivity index (χ2n) is 14.7. The Bertz CT molecular complexity index is 943. The molecule has 3 aliphatic carbocycles. The molecule has 0 spiro atoms. The van der Waals surface area contributed by atoms with Crippen LogP contribution in [0.1, 0.15) is 103 Å². The highest BCUT2D eigenvalue weighted by Gasteiger charge is 2.58. The third kappa shape index (κ3) is 6.99. The molecule has 3 aliphatic rings. The molecular weight excluding hydrogens is 516 g/mol. The quantitative estimate of drug-likeness (QED) is 0.138. The van der Waals surface area contributed by atoms with Gasteiger partial charge in [-0.15, -0.1) is 0 Å². The molecule has 40 heavy (non-hydrogen) atoms. The van der Waals surface area contributed by atoms with Gasteiger partial charge in [0.1, 0.15) is 5.75 Å². The van der Waals surface area contributed by atoms with Crippen LogP contribution in [0.2, 0.25) is 18.1 Å². The first-order valence-corrected chi connectivity index (χ1v) is 19.0. The van der Waals surface area contributed by atoms with Crippen molar-refractivity contribution in [3.8, 4) is 5.75 Å². The molecule has 0 amide bonds. The lowest BCUT2D eigenvalue weighted by molar-refractivity contribution is -0.0346. The molecule has 6 heteroatoms. The molecule has 2 saturated carbocycles. The summed E-state index contributed by atoms with van der Waals surface area (Å²) in [6.45, 7) is 16.3. The van der Waals surface area contributed by atoms with E-state index in [2.05, 4.69) is 59.0 Å². The maximum Gasteiger partial charge on any atom is 0.192 e. The number of hydrogen-bond donors (Lipinski definition) is 1. The molecule has 1 aromatic carbocycles. The molecule has 1 N–H and O–H groups in total. The van der Waals surface area contributed by atoms with Gasteiger partial charge in [0.05, 0.1) is 19.3 Å². The van der Waals surface area contributed by atoms with Gasteiger partial charge in [0, 0.05) is 13.7 Å². The highest BCUT2D eigenvalue weighted by atomic mass is 28.4. The van der Waals surface area contributed by atoms with Crippen LogP contribution in [-0.2, 0) is 20.3 Å². The van der Waals surface area contributed by atoms with Crippen molar-refractivity contribution in [3.63, 3.8) is 0 Å².